The topological polar surface area (TPSA) is 40.2 Å². The molecule has 0 unspecified atom stereocenters. The lowest BCUT2D eigenvalue weighted by molar-refractivity contribution is -0.0401. The Morgan fingerprint density at radius 1 is 1.03 bits per heavy atom. The maximum atomic E-state index is 13.4. The molecule has 6 heteroatoms. The van der Waals surface area contributed by atoms with E-state index in [0.717, 1.165) is 45.4 Å². The van der Waals surface area contributed by atoms with Crippen LogP contribution in [0.25, 0.3) is 0 Å². The molecule has 2 aliphatic carbocycles. The predicted molar refractivity (Wildman–Crippen MR) is 137 cm³/mol. The third kappa shape index (κ3) is 6.35. The smallest absolute Gasteiger partial charge is 0.248 e. The van der Waals surface area contributed by atoms with Gasteiger partial charge in [-0.1, -0.05) is 42.5 Å². The third-order valence-corrected chi connectivity index (χ3v) is 7.98. The van der Waals surface area contributed by atoms with Crippen molar-refractivity contribution in [2.45, 2.75) is 82.0 Å². The summed E-state index contributed by atoms with van der Waals surface area (Å²) in [6.07, 6.45) is 12.0. The highest BCUT2D eigenvalue weighted by Crippen LogP contribution is 2.34. The largest absolute Gasteiger partial charge is 0.311 e. The van der Waals surface area contributed by atoms with Crippen molar-refractivity contribution in [3.63, 3.8) is 0 Å². The normalized spacial score (nSPS) is 24.4. The second-order valence-electron chi connectivity index (χ2n) is 10.5. The fraction of sp³-hybridized carbons (Fsp3) is 0.552. The monoisotopic (exact) mass is 480 g/mol. The lowest BCUT2D eigenvalue weighted by atomic mass is 9.89. The molecule has 2 heterocycles. The van der Waals surface area contributed by atoms with E-state index in [1.807, 2.05) is 6.20 Å². The molecule has 2 aromatic rings. The maximum absolute atomic E-state index is 13.4. The summed E-state index contributed by atoms with van der Waals surface area (Å²) >= 11 is 0. The van der Waals surface area contributed by atoms with Crippen molar-refractivity contribution in [1.82, 2.24) is 20.5 Å². The SMILES string of the molecule is FC1(F)CCC(NC/C=C/CN(C[C@H]2Cc3ccccc3CN2)[C@H]2CCCc3cccnc32)CC1. The number of alkyl halides is 2. The number of benzene rings is 1. The molecule has 1 saturated carbocycles. The second kappa shape index (κ2) is 11.3. The van der Waals surface area contributed by atoms with Crippen LogP contribution < -0.4 is 10.6 Å². The standard InChI is InChI=1S/C29H38F2N4/c30-29(31)14-12-25(13-15-29)32-16-3-4-18-35(27-11-5-9-22-10-6-17-33-28(22)27)21-26-19-23-7-1-2-8-24(23)20-34-26/h1-4,6-8,10,17,25-27,32,34H,5,9,11-16,18-21H2/b4-3+/t26-,27+/m1/s1. The molecule has 2 N–H and O–H groups in total. The highest BCUT2D eigenvalue weighted by Gasteiger charge is 2.34. The van der Waals surface area contributed by atoms with Crippen molar-refractivity contribution in [3.05, 3.63) is 77.1 Å². The number of fused-ring (bicyclic) bond motifs is 2. The van der Waals surface area contributed by atoms with E-state index >= 15 is 0 Å². The van der Waals surface area contributed by atoms with Gasteiger partial charge in [-0.15, -0.1) is 0 Å². The van der Waals surface area contributed by atoms with Gasteiger partial charge in [-0.2, -0.15) is 0 Å². The van der Waals surface area contributed by atoms with Crippen LogP contribution in [0, 0.1) is 0 Å². The molecule has 0 amide bonds. The number of aryl methyl sites for hydroxylation is 1. The van der Waals surface area contributed by atoms with Crippen LogP contribution in [0.2, 0.25) is 0 Å². The van der Waals surface area contributed by atoms with Gasteiger partial charge >= 0.3 is 0 Å². The first-order valence-electron chi connectivity index (χ1n) is 13.3. The number of nitrogens with zero attached hydrogens (tertiary/aromatic N) is 2. The summed E-state index contributed by atoms with van der Waals surface area (Å²) in [4.78, 5) is 7.40. The Bertz CT molecular complexity index is 998. The van der Waals surface area contributed by atoms with E-state index < -0.39 is 5.92 Å². The highest BCUT2D eigenvalue weighted by atomic mass is 19.3. The van der Waals surface area contributed by atoms with Crippen LogP contribution in [0.15, 0.2) is 54.7 Å². The fourth-order valence-corrected chi connectivity index (χ4v) is 5.97. The Balaban J connectivity index is 1.22. The zero-order chi connectivity index (χ0) is 24.1. The summed E-state index contributed by atoms with van der Waals surface area (Å²) in [6.45, 7) is 3.50. The molecule has 0 bridgehead atoms. The number of rotatable bonds is 8. The predicted octanol–water partition coefficient (Wildman–Crippen LogP) is 5.20. The first-order chi connectivity index (χ1) is 17.1. The average molecular weight is 481 g/mol. The van der Waals surface area contributed by atoms with Gasteiger partial charge in [-0.25, -0.2) is 8.78 Å². The van der Waals surface area contributed by atoms with Gasteiger partial charge in [-0.05, 0) is 61.3 Å². The van der Waals surface area contributed by atoms with Crippen molar-refractivity contribution in [2.24, 2.45) is 0 Å². The molecule has 0 saturated heterocycles. The number of pyridine rings is 1. The zero-order valence-electron chi connectivity index (χ0n) is 20.6. The molecular formula is C29H38F2N4. The van der Waals surface area contributed by atoms with Crippen LogP contribution >= 0.6 is 0 Å². The van der Waals surface area contributed by atoms with Crippen molar-refractivity contribution >= 4 is 0 Å². The third-order valence-electron chi connectivity index (χ3n) is 7.98. The van der Waals surface area contributed by atoms with Gasteiger partial charge in [-0.3, -0.25) is 9.88 Å². The van der Waals surface area contributed by atoms with Crippen molar-refractivity contribution in [1.29, 1.82) is 0 Å². The fourth-order valence-electron chi connectivity index (χ4n) is 5.97. The van der Waals surface area contributed by atoms with E-state index in [9.17, 15) is 8.78 Å². The van der Waals surface area contributed by atoms with Crippen molar-refractivity contribution < 1.29 is 8.78 Å². The molecule has 5 rings (SSSR count). The molecular weight excluding hydrogens is 442 g/mol. The van der Waals surface area contributed by atoms with E-state index in [1.54, 1.807) is 0 Å². The Labute approximate surface area is 208 Å². The molecule has 1 fully saturated rings. The van der Waals surface area contributed by atoms with Gasteiger partial charge in [0.1, 0.15) is 0 Å². The lowest BCUT2D eigenvalue weighted by Gasteiger charge is -2.38. The summed E-state index contributed by atoms with van der Waals surface area (Å²) in [6, 6.07) is 14.0. The quantitative estimate of drug-likeness (QED) is 0.510. The number of hydrogen-bond donors (Lipinski definition) is 2. The molecule has 3 aliphatic rings. The van der Waals surface area contributed by atoms with Crippen LogP contribution in [0.5, 0.6) is 0 Å². The van der Waals surface area contributed by atoms with Gasteiger partial charge in [0, 0.05) is 57.3 Å². The van der Waals surface area contributed by atoms with E-state index in [-0.39, 0.29) is 18.9 Å². The van der Waals surface area contributed by atoms with Crippen LogP contribution in [0.3, 0.4) is 0 Å². The first kappa shape index (κ1) is 24.5. The summed E-state index contributed by atoms with van der Waals surface area (Å²) < 4.78 is 26.8. The molecule has 1 aromatic carbocycles. The van der Waals surface area contributed by atoms with E-state index in [2.05, 4.69) is 64.1 Å². The van der Waals surface area contributed by atoms with Crippen LogP contribution in [0.1, 0.15) is 67.0 Å². The number of aromatic nitrogens is 1. The van der Waals surface area contributed by atoms with E-state index in [0.29, 0.717) is 24.9 Å². The molecule has 0 radical (unpaired) electrons. The van der Waals surface area contributed by atoms with Gasteiger partial charge in [0.25, 0.3) is 0 Å². The van der Waals surface area contributed by atoms with Gasteiger partial charge in [0.05, 0.1) is 11.7 Å². The van der Waals surface area contributed by atoms with E-state index in [4.69, 9.17) is 4.98 Å². The summed E-state index contributed by atoms with van der Waals surface area (Å²) in [5.74, 6) is -2.47. The summed E-state index contributed by atoms with van der Waals surface area (Å²) in [5, 5.41) is 7.22. The van der Waals surface area contributed by atoms with Crippen LogP contribution in [0.4, 0.5) is 8.78 Å². The van der Waals surface area contributed by atoms with Gasteiger partial charge in [0.2, 0.25) is 5.92 Å². The lowest BCUT2D eigenvalue weighted by Crippen LogP contribution is -2.46. The maximum Gasteiger partial charge on any atom is 0.248 e. The van der Waals surface area contributed by atoms with Gasteiger partial charge in [0.15, 0.2) is 0 Å². The highest BCUT2D eigenvalue weighted by molar-refractivity contribution is 5.30. The van der Waals surface area contributed by atoms with Crippen LogP contribution in [-0.4, -0.2) is 47.5 Å². The minimum absolute atomic E-state index is 0.00770. The first-order valence-corrected chi connectivity index (χ1v) is 13.3. The Kier molecular flexibility index (Phi) is 7.91. The average Bonchev–Trinajstić information content (AvgIpc) is 2.88. The molecule has 0 spiro atoms. The summed E-state index contributed by atoms with van der Waals surface area (Å²) in [5.41, 5.74) is 5.49. The van der Waals surface area contributed by atoms with Gasteiger partial charge < -0.3 is 10.6 Å². The Hall–Kier alpha value is -2.15. The summed E-state index contributed by atoms with van der Waals surface area (Å²) in [7, 11) is 0. The van der Waals surface area contributed by atoms with Crippen LogP contribution in [-0.2, 0) is 19.4 Å². The number of halogens is 2. The van der Waals surface area contributed by atoms with E-state index in [1.165, 1.54) is 28.8 Å². The molecule has 1 aromatic heterocycles. The molecule has 35 heavy (non-hydrogen) atoms. The number of nitrogens with one attached hydrogen (secondary N) is 2. The second-order valence-corrected chi connectivity index (χ2v) is 10.5. The van der Waals surface area contributed by atoms with Crippen molar-refractivity contribution in [2.75, 3.05) is 19.6 Å². The molecule has 2 atom stereocenters. The zero-order valence-corrected chi connectivity index (χ0v) is 20.6. The Morgan fingerprint density at radius 2 is 1.83 bits per heavy atom. The minimum Gasteiger partial charge on any atom is -0.311 e. The number of hydrogen-bond acceptors (Lipinski definition) is 4. The Morgan fingerprint density at radius 3 is 2.69 bits per heavy atom. The molecule has 1 aliphatic heterocycles. The molecule has 4 nitrogen and oxygen atoms in total. The molecule has 188 valence electrons. The minimum atomic E-state index is -2.47. The van der Waals surface area contributed by atoms with Crippen molar-refractivity contribution in [3.8, 4) is 0 Å².